The molecule has 2 aromatic heterocycles. The predicted molar refractivity (Wildman–Crippen MR) is 62.2 cm³/mol. The third-order valence-corrected chi connectivity index (χ3v) is 2.97. The monoisotopic (exact) mass is 235 g/mol. The number of nitrogens with zero attached hydrogens (tertiary/aromatic N) is 4. The van der Waals surface area contributed by atoms with E-state index in [1.807, 2.05) is 18.7 Å². The number of aromatic nitrogens is 4. The smallest absolute Gasteiger partial charge is 0.213 e. The lowest BCUT2D eigenvalue weighted by Gasteiger charge is -2.13. The lowest BCUT2D eigenvalue weighted by Crippen LogP contribution is -2.20. The average molecular weight is 235 g/mol. The van der Waals surface area contributed by atoms with E-state index in [4.69, 9.17) is 0 Å². The molecule has 0 saturated carbocycles. The van der Waals surface area contributed by atoms with Crippen molar-refractivity contribution in [3.8, 4) is 0 Å². The summed E-state index contributed by atoms with van der Waals surface area (Å²) >= 11 is 0. The summed E-state index contributed by atoms with van der Waals surface area (Å²) in [5, 5.41) is 11.5. The Morgan fingerprint density at radius 3 is 2.76 bits per heavy atom. The first-order valence-electron chi connectivity index (χ1n) is 5.58. The van der Waals surface area contributed by atoms with Crippen molar-refractivity contribution < 1.29 is 4.52 Å². The number of aryl methyl sites for hydroxylation is 2. The molecule has 1 unspecified atom stereocenters. The normalized spacial score (nSPS) is 12.9. The van der Waals surface area contributed by atoms with Crippen molar-refractivity contribution in [2.24, 2.45) is 7.05 Å². The second-order valence-corrected chi connectivity index (χ2v) is 4.16. The Labute approximate surface area is 100 Å². The van der Waals surface area contributed by atoms with Gasteiger partial charge in [0.25, 0.3) is 0 Å². The molecule has 92 valence electrons. The summed E-state index contributed by atoms with van der Waals surface area (Å²) in [5.41, 5.74) is 3.46. The van der Waals surface area contributed by atoms with E-state index in [0.29, 0.717) is 12.4 Å². The van der Waals surface area contributed by atoms with E-state index in [2.05, 4.69) is 38.9 Å². The largest absolute Gasteiger partial charge is 0.343 e. The quantitative estimate of drug-likeness (QED) is 0.864. The van der Waals surface area contributed by atoms with E-state index in [1.54, 1.807) is 0 Å². The van der Waals surface area contributed by atoms with Gasteiger partial charge in [0.2, 0.25) is 6.39 Å². The fourth-order valence-corrected chi connectivity index (χ4v) is 2.03. The van der Waals surface area contributed by atoms with Gasteiger partial charge < -0.3 is 9.84 Å². The van der Waals surface area contributed by atoms with Gasteiger partial charge in [-0.2, -0.15) is 10.1 Å². The summed E-state index contributed by atoms with van der Waals surface area (Å²) in [6, 6.07) is 0.210. The first-order valence-corrected chi connectivity index (χ1v) is 5.58. The van der Waals surface area contributed by atoms with Crippen LogP contribution in [0.1, 0.15) is 35.7 Å². The number of rotatable bonds is 4. The summed E-state index contributed by atoms with van der Waals surface area (Å²) in [4.78, 5) is 3.97. The Hall–Kier alpha value is -1.69. The van der Waals surface area contributed by atoms with Crippen molar-refractivity contribution in [3.05, 3.63) is 29.2 Å². The molecule has 0 amide bonds. The van der Waals surface area contributed by atoms with Gasteiger partial charge in [0.05, 0.1) is 12.2 Å². The first kappa shape index (κ1) is 11.8. The van der Waals surface area contributed by atoms with Crippen LogP contribution in [0.3, 0.4) is 0 Å². The molecule has 0 aliphatic rings. The van der Waals surface area contributed by atoms with Gasteiger partial charge in [-0.1, -0.05) is 5.16 Å². The minimum atomic E-state index is 0.210. The van der Waals surface area contributed by atoms with Gasteiger partial charge in [-0.15, -0.1) is 0 Å². The van der Waals surface area contributed by atoms with E-state index < -0.39 is 0 Å². The Balaban J connectivity index is 2.07. The molecule has 2 rings (SSSR count). The third-order valence-electron chi connectivity index (χ3n) is 2.97. The van der Waals surface area contributed by atoms with Gasteiger partial charge in [0.1, 0.15) is 0 Å². The summed E-state index contributed by atoms with van der Waals surface area (Å²) in [6.07, 6.45) is 1.34. The molecule has 0 aliphatic carbocycles. The highest BCUT2D eigenvalue weighted by Gasteiger charge is 2.16. The second-order valence-electron chi connectivity index (χ2n) is 4.16. The van der Waals surface area contributed by atoms with Gasteiger partial charge in [-0.05, 0) is 20.8 Å². The van der Waals surface area contributed by atoms with Crippen LogP contribution in [0, 0.1) is 13.8 Å². The Kier molecular flexibility index (Phi) is 3.23. The minimum absolute atomic E-state index is 0.210. The lowest BCUT2D eigenvalue weighted by atomic mass is 10.1. The highest BCUT2D eigenvalue weighted by atomic mass is 16.5. The van der Waals surface area contributed by atoms with Crippen molar-refractivity contribution in [1.82, 2.24) is 25.2 Å². The SMILES string of the molecule is Cc1nn(C)c(C)c1C(C)NCc1ncon1. The predicted octanol–water partition coefficient (Wildman–Crippen LogP) is 1.27. The van der Waals surface area contributed by atoms with Crippen molar-refractivity contribution in [3.63, 3.8) is 0 Å². The van der Waals surface area contributed by atoms with E-state index >= 15 is 0 Å². The zero-order valence-corrected chi connectivity index (χ0v) is 10.6. The molecule has 0 bridgehead atoms. The summed E-state index contributed by atoms with van der Waals surface area (Å²) in [7, 11) is 1.96. The molecule has 6 nitrogen and oxygen atoms in total. The molecule has 0 saturated heterocycles. The van der Waals surface area contributed by atoms with Crippen LogP contribution in [0.2, 0.25) is 0 Å². The number of hydrogen-bond donors (Lipinski definition) is 1. The molecule has 6 heteroatoms. The molecular formula is C11H17N5O. The lowest BCUT2D eigenvalue weighted by molar-refractivity contribution is 0.405. The fourth-order valence-electron chi connectivity index (χ4n) is 2.03. The molecule has 1 N–H and O–H groups in total. The molecule has 0 fully saturated rings. The molecule has 0 spiro atoms. The van der Waals surface area contributed by atoms with Gasteiger partial charge in [0, 0.05) is 24.3 Å². The number of hydrogen-bond acceptors (Lipinski definition) is 5. The van der Waals surface area contributed by atoms with Crippen molar-refractivity contribution in [1.29, 1.82) is 0 Å². The third kappa shape index (κ3) is 2.36. The standard InChI is InChI=1S/C11H17N5O/c1-7(12-5-10-13-6-17-15-10)11-8(2)14-16(4)9(11)3/h6-7,12H,5H2,1-4H3. The van der Waals surface area contributed by atoms with Crippen LogP contribution in [0.5, 0.6) is 0 Å². The first-order chi connectivity index (χ1) is 8.09. The van der Waals surface area contributed by atoms with Crippen LogP contribution in [0.15, 0.2) is 10.9 Å². The molecular weight excluding hydrogens is 218 g/mol. The van der Waals surface area contributed by atoms with Crippen LogP contribution in [0.4, 0.5) is 0 Å². The topological polar surface area (TPSA) is 68.8 Å². The number of nitrogens with one attached hydrogen (secondary N) is 1. The second kappa shape index (κ2) is 4.67. The maximum Gasteiger partial charge on any atom is 0.213 e. The summed E-state index contributed by atoms with van der Waals surface area (Å²) in [5.74, 6) is 0.663. The van der Waals surface area contributed by atoms with Crippen molar-refractivity contribution >= 4 is 0 Å². The van der Waals surface area contributed by atoms with E-state index in [1.165, 1.54) is 17.7 Å². The van der Waals surface area contributed by atoms with E-state index in [-0.39, 0.29) is 6.04 Å². The molecule has 0 aromatic carbocycles. The highest BCUT2D eigenvalue weighted by molar-refractivity contribution is 5.27. The van der Waals surface area contributed by atoms with Gasteiger partial charge in [-0.3, -0.25) is 4.68 Å². The minimum Gasteiger partial charge on any atom is -0.343 e. The molecule has 1 atom stereocenters. The maximum atomic E-state index is 4.69. The van der Waals surface area contributed by atoms with Crippen LogP contribution >= 0.6 is 0 Å². The van der Waals surface area contributed by atoms with Gasteiger partial charge in [-0.25, -0.2) is 0 Å². The molecule has 2 heterocycles. The summed E-state index contributed by atoms with van der Waals surface area (Å²) < 4.78 is 6.59. The Bertz CT molecular complexity index is 488. The van der Waals surface area contributed by atoms with Crippen LogP contribution in [0.25, 0.3) is 0 Å². The zero-order valence-electron chi connectivity index (χ0n) is 10.6. The van der Waals surface area contributed by atoms with E-state index in [9.17, 15) is 0 Å². The Morgan fingerprint density at radius 2 is 2.24 bits per heavy atom. The van der Waals surface area contributed by atoms with E-state index in [0.717, 1.165) is 5.69 Å². The van der Waals surface area contributed by atoms with Crippen LogP contribution in [-0.4, -0.2) is 19.9 Å². The molecule has 0 aliphatic heterocycles. The fraction of sp³-hybridized carbons (Fsp3) is 0.545. The van der Waals surface area contributed by atoms with Crippen LogP contribution < -0.4 is 5.32 Å². The van der Waals surface area contributed by atoms with Gasteiger partial charge in [0.15, 0.2) is 5.82 Å². The molecule has 0 radical (unpaired) electrons. The van der Waals surface area contributed by atoms with Gasteiger partial charge >= 0.3 is 0 Å². The van der Waals surface area contributed by atoms with Crippen LogP contribution in [-0.2, 0) is 13.6 Å². The van der Waals surface area contributed by atoms with Crippen molar-refractivity contribution in [2.75, 3.05) is 0 Å². The Morgan fingerprint density at radius 1 is 1.47 bits per heavy atom. The summed E-state index contributed by atoms with van der Waals surface area (Å²) in [6.45, 7) is 6.79. The molecule has 17 heavy (non-hydrogen) atoms. The zero-order chi connectivity index (χ0) is 12.4. The average Bonchev–Trinajstić information content (AvgIpc) is 2.86. The van der Waals surface area contributed by atoms with Crippen molar-refractivity contribution in [2.45, 2.75) is 33.4 Å². The molecule has 2 aromatic rings. The maximum absolute atomic E-state index is 4.69. The highest BCUT2D eigenvalue weighted by Crippen LogP contribution is 2.20.